The van der Waals surface area contributed by atoms with Gasteiger partial charge in [-0.25, -0.2) is 0 Å². The summed E-state index contributed by atoms with van der Waals surface area (Å²) in [6.45, 7) is 0.510. The standard InChI is InChI=1S/C18H25ClN2O2/c19-15-7-5-6-14(12-15)10-11-20-17(22)13-18(23)21-16-8-3-1-2-4-9-16/h5-7,12,16H,1-4,8-11,13H2,(H,20,22)(H,21,23). The Balaban J connectivity index is 1.64. The number of benzene rings is 1. The number of amides is 2. The van der Waals surface area contributed by atoms with E-state index in [0.29, 0.717) is 18.0 Å². The summed E-state index contributed by atoms with van der Waals surface area (Å²) < 4.78 is 0. The van der Waals surface area contributed by atoms with Crippen LogP contribution in [-0.2, 0) is 16.0 Å². The Bertz CT molecular complexity index is 526. The highest BCUT2D eigenvalue weighted by Gasteiger charge is 2.16. The highest BCUT2D eigenvalue weighted by Crippen LogP contribution is 2.17. The van der Waals surface area contributed by atoms with Crippen LogP contribution in [0.4, 0.5) is 0 Å². The molecule has 1 saturated carbocycles. The first-order chi connectivity index (χ1) is 11.1. The Morgan fingerprint density at radius 1 is 1.09 bits per heavy atom. The predicted octanol–water partition coefficient (Wildman–Crippen LogP) is 3.23. The van der Waals surface area contributed by atoms with Crippen LogP contribution in [0.1, 0.15) is 50.5 Å². The minimum absolute atomic E-state index is 0.0912. The molecule has 2 N–H and O–H groups in total. The second kappa shape index (κ2) is 9.56. The zero-order valence-electron chi connectivity index (χ0n) is 13.4. The number of rotatable bonds is 6. The van der Waals surface area contributed by atoms with E-state index in [9.17, 15) is 9.59 Å². The predicted molar refractivity (Wildman–Crippen MR) is 92.4 cm³/mol. The van der Waals surface area contributed by atoms with Gasteiger partial charge in [0, 0.05) is 17.6 Å². The van der Waals surface area contributed by atoms with Crippen LogP contribution in [-0.4, -0.2) is 24.4 Å². The van der Waals surface area contributed by atoms with Crippen molar-refractivity contribution < 1.29 is 9.59 Å². The topological polar surface area (TPSA) is 58.2 Å². The van der Waals surface area contributed by atoms with E-state index in [1.165, 1.54) is 12.8 Å². The summed E-state index contributed by atoms with van der Waals surface area (Å²) in [7, 11) is 0. The second-order valence-corrected chi connectivity index (χ2v) is 6.60. The lowest BCUT2D eigenvalue weighted by Crippen LogP contribution is -2.38. The van der Waals surface area contributed by atoms with E-state index in [1.54, 1.807) is 0 Å². The van der Waals surface area contributed by atoms with E-state index in [0.717, 1.165) is 31.2 Å². The van der Waals surface area contributed by atoms with Crippen LogP contribution in [0.25, 0.3) is 0 Å². The molecule has 1 aromatic rings. The average molecular weight is 337 g/mol. The summed E-state index contributed by atoms with van der Waals surface area (Å²) in [5.74, 6) is -0.393. The number of hydrogen-bond acceptors (Lipinski definition) is 2. The van der Waals surface area contributed by atoms with E-state index in [4.69, 9.17) is 11.6 Å². The summed E-state index contributed by atoms with van der Waals surface area (Å²) in [6, 6.07) is 7.80. The summed E-state index contributed by atoms with van der Waals surface area (Å²) in [5.41, 5.74) is 1.07. The van der Waals surface area contributed by atoms with Crippen molar-refractivity contribution in [3.05, 3.63) is 34.9 Å². The molecule has 1 aliphatic carbocycles. The highest BCUT2D eigenvalue weighted by atomic mass is 35.5. The van der Waals surface area contributed by atoms with Crippen molar-refractivity contribution in [3.8, 4) is 0 Å². The first kappa shape index (κ1) is 17.8. The molecular formula is C18H25ClN2O2. The van der Waals surface area contributed by atoms with Gasteiger partial charge in [-0.15, -0.1) is 0 Å². The zero-order valence-corrected chi connectivity index (χ0v) is 14.2. The third-order valence-corrected chi connectivity index (χ3v) is 4.40. The first-order valence-corrected chi connectivity index (χ1v) is 8.82. The Kier molecular flexibility index (Phi) is 7.40. The molecule has 0 aromatic heterocycles. The maximum absolute atomic E-state index is 11.9. The van der Waals surface area contributed by atoms with E-state index in [1.807, 2.05) is 24.3 Å². The molecular weight excluding hydrogens is 312 g/mol. The monoisotopic (exact) mass is 336 g/mol. The lowest BCUT2D eigenvalue weighted by atomic mass is 10.1. The Hall–Kier alpha value is -1.55. The van der Waals surface area contributed by atoms with Crippen LogP contribution in [0.3, 0.4) is 0 Å². The Morgan fingerprint density at radius 3 is 2.52 bits per heavy atom. The van der Waals surface area contributed by atoms with Gasteiger partial charge in [0.25, 0.3) is 0 Å². The smallest absolute Gasteiger partial charge is 0.229 e. The molecule has 2 rings (SSSR count). The second-order valence-electron chi connectivity index (χ2n) is 6.16. The van der Waals surface area contributed by atoms with Gasteiger partial charge in [-0.3, -0.25) is 9.59 Å². The third kappa shape index (κ3) is 7.04. The molecule has 0 spiro atoms. The maximum atomic E-state index is 11.9. The molecule has 0 bridgehead atoms. The SMILES string of the molecule is O=C(CC(=O)NC1CCCCCC1)NCCc1cccc(Cl)c1. The van der Waals surface area contributed by atoms with Gasteiger partial charge in [0.05, 0.1) is 0 Å². The van der Waals surface area contributed by atoms with Crippen LogP contribution in [0.15, 0.2) is 24.3 Å². The van der Waals surface area contributed by atoms with Crippen LogP contribution in [0.2, 0.25) is 5.02 Å². The number of halogens is 1. The van der Waals surface area contributed by atoms with E-state index < -0.39 is 0 Å². The van der Waals surface area contributed by atoms with Gasteiger partial charge < -0.3 is 10.6 Å². The fraction of sp³-hybridized carbons (Fsp3) is 0.556. The minimum Gasteiger partial charge on any atom is -0.355 e. The quantitative estimate of drug-likeness (QED) is 0.619. The molecule has 0 aliphatic heterocycles. The average Bonchev–Trinajstić information content (AvgIpc) is 2.75. The van der Waals surface area contributed by atoms with Gasteiger partial charge in [0.2, 0.25) is 11.8 Å². The molecule has 0 heterocycles. The summed E-state index contributed by atoms with van der Waals surface area (Å²) >= 11 is 5.92. The van der Waals surface area contributed by atoms with Crippen molar-refractivity contribution in [1.29, 1.82) is 0 Å². The van der Waals surface area contributed by atoms with Crippen molar-refractivity contribution >= 4 is 23.4 Å². The van der Waals surface area contributed by atoms with Gasteiger partial charge in [0.1, 0.15) is 6.42 Å². The lowest BCUT2D eigenvalue weighted by Gasteiger charge is -2.16. The van der Waals surface area contributed by atoms with Gasteiger partial charge in [0.15, 0.2) is 0 Å². The molecule has 23 heavy (non-hydrogen) atoms. The molecule has 0 unspecified atom stereocenters. The van der Waals surface area contributed by atoms with Crippen LogP contribution < -0.4 is 10.6 Å². The summed E-state index contributed by atoms with van der Waals surface area (Å²) in [6.07, 6.45) is 7.49. The summed E-state index contributed by atoms with van der Waals surface area (Å²) in [5, 5.41) is 6.47. The van der Waals surface area contributed by atoms with Crippen LogP contribution in [0, 0.1) is 0 Å². The number of hydrogen-bond donors (Lipinski definition) is 2. The largest absolute Gasteiger partial charge is 0.355 e. The van der Waals surface area contributed by atoms with E-state index >= 15 is 0 Å². The first-order valence-electron chi connectivity index (χ1n) is 8.44. The molecule has 0 atom stereocenters. The van der Waals surface area contributed by atoms with E-state index in [2.05, 4.69) is 10.6 Å². The molecule has 0 saturated heterocycles. The van der Waals surface area contributed by atoms with Gasteiger partial charge in [-0.2, -0.15) is 0 Å². The summed E-state index contributed by atoms with van der Waals surface area (Å²) in [4.78, 5) is 23.7. The number of carbonyl (C=O) groups excluding carboxylic acids is 2. The van der Waals surface area contributed by atoms with Gasteiger partial charge in [-0.1, -0.05) is 49.4 Å². The molecule has 1 aromatic carbocycles. The minimum atomic E-state index is -0.224. The van der Waals surface area contributed by atoms with Crippen molar-refractivity contribution in [2.45, 2.75) is 57.4 Å². The molecule has 4 nitrogen and oxygen atoms in total. The Labute approximate surface area is 143 Å². The molecule has 2 amide bonds. The molecule has 0 radical (unpaired) electrons. The lowest BCUT2D eigenvalue weighted by molar-refractivity contribution is -0.129. The van der Waals surface area contributed by atoms with Crippen molar-refractivity contribution in [2.24, 2.45) is 0 Å². The highest BCUT2D eigenvalue weighted by molar-refractivity contribution is 6.30. The zero-order chi connectivity index (χ0) is 16.5. The van der Waals surface area contributed by atoms with Crippen molar-refractivity contribution in [3.63, 3.8) is 0 Å². The maximum Gasteiger partial charge on any atom is 0.229 e. The molecule has 1 aliphatic rings. The van der Waals surface area contributed by atoms with Crippen LogP contribution in [0.5, 0.6) is 0 Å². The molecule has 126 valence electrons. The Morgan fingerprint density at radius 2 is 1.83 bits per heavy atom. The van der Waals surface area contributed by atoms with Gasteiger partial charge >= 0.3 is 0 Å². The third-order valence-electron chi connectivity index (χ3n) is 4.17. The normalized spacial score (nSPS) is 15.7. The van der Waals surface area contributed by atoms with Crippen molar-refractivity contribution in [1.82, 2.24) is 10.6 Å². The number of nitrogens with one attached hydrogen (secondary N) is 2. The van der Waals surface area contributed by atoms with Gasteiger partial charge in [-0.05, 0) is 37.0 Å². The number of carbonyl (C=O) groups is 2. The fourth-order valence-electron chi connectivity index (χ4n) is 2.95. The van der Waals surface area contributed by atoms with Crippen molar-refractivity contribution in [2.75, 3.05) is 6.54 Å². The van der Waals surface area contributed by atoms with E-state index in [-0.39, 0.29) is 24.3 Å². The molecule has 5 heteroatoms. The molecule has 1 fully saturated rings. The fourth-order valence-corrected chi connectivity index (χ4v) is 3.16. The van der Waals surface area contributed by atoms with Crippen LogP contribution >= 0.6 is 11.6 Å².